The normalized spacial score (nSPS) is 12.0. The number of carbonyl (C=O) groups excluding carboxylic acids is 2. The summed E-state index contributed by atoms with van der Waals surface area (Å²) < 4.78 is 7.06. The van der Waals surface area contributed by atoms with E-state index in [0.29, 0.717) is 24.1 Å². The molecule has 0 saturated carbocycles. The van der Waals surface area contributed by atoms with Crippen LogP contribution in [0.25, 0.3) is 11.4 Å². The summed E-state index contributed by atoms with van der Waals surface area (Å²) in [5.74, 6) is 0.224. The molecular formula is C16H21N5O3S. The molecule has 0 saturated heterocycles. The number of imide groups is 1. The first-order valence-electron chi connectivity index (χ1n) is 7.68. The lowest BCUT2D eigenvalue weighted by Crippen LogP contribution is -2.39. The molecule has 1 aromatic carbocycles. The molecule has 2 rings (SSSR count). The number of rotatable bonds is 7. The number of primary amides is 1. The number of nitrogens with two attached hydrogens (primary N) is 1. The number of benzene rings is 1. The molecule has 3 N–H and O–H groups in total. The molecule has 0 aliphatic carbocycles. The fourth-order valence-corrected chi connectivity index (χ4v) is 3.07. The van der Waals surface area contributed by atoms with Crippen molar-refractivity contribution in [3.63, 3.8) is 0 Å². The SMILES string of the molecule is COCCn1c(SC(C)C(=O)NC(N)=O)nnc1-c1cccc(C)c1. The van der Waals surface area contributed by atoms with Crippen molar-refractivity contribution in [2.75, 3.05) is 13.7 Å². The highest BCUT2D eigenvalue weighted by atomic mass is 32.2. The van der Waals surface area contributed by atoms with Crippen molar-refractivity contribution in [2.45, 2.75) is 30.8 Å². The number of hydrogen-bond donors (Lipinski definition) is 2. The number of carbonyl (C=O) groups is 2. The summed E-state index contributed by atoms with van der Waals surface area (Å²) in [7, 11) is 1.62. The fourth-order valence-electron chi connectivity index (χ4n) is 2.19. The predicted molar refractivity (Wildman–Crippen MR) is 95.1 cm³/mol. The second-order valence-electron chi connectivity index (χ2n) is 5.43. The maximum Gasteiger partial charge on any atom is 0.318 e. The monoisotopic (exact) mass is 363 g/mol. The Kier molecular flexibility index (Phi) is 6.54. The van der Waals surface area contributed by atoms with Gasteiger partial charge in [0, 0.05) is 12.7 Å². The third-order valence-electron chi connectivity index (χ3n) is 3.41. The van der Waals surface area contributed by atoms with Crippen molar-refractivity contribution >= 4 is 23.7 Å². The predicted octanol–water partition coefficient (Wildman–Crippen LogP) is 1.58. The number of urea groups is 1. The molecule has 134 valence electrons. The summed E-state index contributed by atoms with van der Waals surface area (Å²) in [5.41, 5.74) is 7.03. The van der Waals surface area contributed by atoms with Crippen LogP contribution in [-0.2, 0) is 16.1 Å². The molecule has 0 bridgehead atoms. The molecule has 1 heterocycles. The zero-order valence-corrected chi connectivity index (χ0v) is 15.2. The Bertz CT molecular complexity index is 762. The first kappa shape index (κ1) is 18.9. The van der Waals surface area contributed by atoms with E-state index in [1.165, 1.54) is 11.8 Å². The Labute approximate surface area is 150 Å². The molecule has 9 heteroatoms. The lowest BCUT2D eigenvalue weighted by Gasteiger charge is -2.12. The molecule has 1 aromatic heterocycles. The summed E-state index contributed by atoms with van der Waals surface area (Å²) >= 11 is 1.20. The van der Waals surface area contributed by atoms with Gasteiger partial charge in [-0.25, -0.2) is 4.79 Å². The van der Waals surface area contributed by atoms with E-state index in [1.807, 2.05) is 35.8 Å². The van der Waals surface area contributed by atoms with E-state index in [2.05, 4.69) is 15.5 Å². The van der Waals surface area contributed by atoms with Gasteiger partial charge in [0.05, 0.1) is 18.4 Å². The molecular weight excluding hydrogens is 342 g/mol. The van der Waals surface area contributed by atoms with Crippen LogP contribution < -0.4 is 11.1 Å². The molecule has 1 unspecified atom stereocenters. The average molecular weight is 363 g/mol. The minimum absolute atomic E-state index is 0.476. The summed E-state index contributed by atoms with van der Waals surface area (Å²) in [6.07, 6.45) is 0. The second-order valence-corrected chi connectivity index (χ2v) is 6.74. The Hall–Kier alpha value is -2.39. The van der Waals surface area contributed by atoms with Crippen molar-refractivity contribution in [1.29, 1.82) is 0 Å². The van der Waals surface area contributed by atoms with Gasteiger partial charge in [0.15, 0.2) is 11.0 Å². The number of aryl methyl sites for hydroxylation is 1. The number of thioether (sulfide) groups is 1. The van der Waals surface area contributed by atoms with Gasteiger partial charge < -0.3 is 10.5 Å². The van der Waals surface area contributed by atoms with Gasteiger partial charge in [-0.15, -0.1) is 10.2 Å². The molecule has 0 aliphatic heterocycles. The lowest BCUT2D eigenvalue weighted by molar-refractivity contribution is -0.119. The fraction of sp³-hybridized carbons (Fsp3) is 0.375. The second kappa shape index (κ2) is 8.63. The first-order valence-corrected chi connectivity index (χ1v) is 8.56. The maximum atomic E-state index is 11.9. The summed E-state index contributed by atoms with van der Waals surface area (Å²) in [4.78, 5) is 22.7. The van der Waals surface area contributed by atoms with Crippen LogP contribution in [0.5, 0.6) is 0 Å². The minimum Gasteiger partial charge on any atom is -0.383 e. The van der Waals surface area contributed by atoms with Gasteiger partial charge in [-0.1, -0.05) is 35.5 Å². The molecule has 0 fully saturated rings. The van der Waals surface area contributed by atoms with Crippen LogP contribution in [0.4, 0.5) is 4.79 Å². The van der Waals surface area contributed by atoms with Crippen LogP contribution in [0, 0.1) is 6.92 Å². The zero-order chi connectivity index (χ0) is 18.4. The number of nitrogens with one attached hydrogen (secondary N) is 1. The Balaban J connectivity index is 2.29. The smallest absolute Gasteiger partial charge is 0.318 e. The summed E-state index contributed by atoms with van der Waals surface area (Å²) in [6, 6.07) is 7.06. The standard InChI is InChI=1S/C16H21N5O3S/c1-10-5-4-6-12(9-10)13-19-20-16(21(13)7-8-24-3)25-11(2)14(22)18-15(17)23/h4-6,9,11H,7-8H2,1-3H3,(H3,17,18,22,23). The highest BCUT2D eigenvalue weighted by Crippen LogP contribution is 2.27. The van der Waals surface area contributed by atoms with Gasteiger partial charge in [-0.05, 0) is 19.9 Å². The van der Waals surface area contributed by atoms with Gasteiger partial charge in [-0.2, -0.15) is 0 Å². The Morgan fingerprint density at radius 1 is 1.40 bits per heavy atom. The molecule has 0 radical (unpaired) electrons. The zero-order valence-electron chi connectivity index (χ0n) is 14.4. The van der Waals surface area contributed by atoms with Crippen LogP contribution in [0.3, 0.4) is 0 Å². The van der Waals surface area contributed by atoms with E-state index in [9.17, 15) is 9.59 Å². The van der Waals surface area contributed by atoms with E-state index in [-0.39, 0.29) is 0 Å². The van der Waals surface area contributed by atoms with Gasteiger partial charge in [-0.3, -0.25) is 14.7 Å². The van der Waals surface area contributed by atoms with E-state index in [0.717, 1.165) is 11.1 Å². The Morgan fingerprint density at radius 3 is 2.80 bits per heavy atom. The van der Waals surface area contributed by atoms with Gasteiger partial charge in [0.2, 0.25) is 5.91 Å². The number of hydrogen-bond acceptors (Lipinski definition) is 6. The number of amides is 3. The van der Waals surface area contributed by atoms with E-state index < -0.39 is 17.2 Å². The van der Waals surface area contributed by atoms with E-state index in [1.54, 1.807) is 14.0 Å². The minimum atomic E-state index is -0.876. The Morgan fingerprint density at radius 2 is 2.16 bits per heavy atom. The van der Waals surface area contributed by atoms with Crippen LogP contribution in [0.2, 0.25) is 0 Å². The quantitative estimate of drug-likeness (QED) is 0.722. The van der Waals surface area contributed by atoms with Crippen molar-refractivity contribution in [3.8, 4) is 11.4 Å². The van der Waals surface area contributed by atoms with Crippen LogP contribution >= 0.6 is 11.8 Å². The third kappa shape index (κ3) is 5.04. The largest absolute Gasteiger partial charge is 0.383 e. The van der Waals surface area contributed by atoms with Crippen LogP contribution in [0.1, 0.15) is 12.5 Å². The molecule has 0 aliphatic rings. The highest BCUT2D eigenvalue weighted by molar-refractivity contribution is 8.00. The van der Waals surface area contributed by atoms with Crippen molar-refractivity contribution in [3.05, 3.63) is 29.8 Å². The van der Waals surface area contributed by atoms with Crippen LogP contribution in [-0.4, -0.2) is 45.7 Å². The number of ether oxygens (including phenoxy) is 1. The van der Waals surface area contributed by atoms with E-state index >= 15 is 0 Å². The summed E-state index contributed by atoms with van der Waals surface area (Å²) in [6.45, 7) is 4.70. The molecule has 8 nitrogen and oxygen atoms in total. The van der Waals surface area contributed by atoms with Crippen LogP contribution in [0.15, 0.2) is 29.4 Å². The number of methoxy groups -OCH3 is 1. The van der Waals surface area contributed by atoms with Gasteiger partial charge in [0.1, 0.15) is 0 Å². The molecule has 2 aromatic rings. The van der Waals surface area contributed by atoms with E-state index in [4.69, 9.17) is 10.5 Å². The summed E-state index contributed by atoms with van der Waals surface area (Å²) in [5, 5.41) is 10.6. The van der Waals surface area contributed by atoms with Crippen molar-refractivity contribution in [2.24, 2.45) is 5.73 Å². The third-order valence-corrected chi connectivity index (χ3v) is 4.49. The first-order chi connectivity index (χ1) is 11.9. The topological polar surface area (TPSA) is 112 Å². The van der Waals surface area contributed by atoms with Gasteiger partial charge >= 0.3 is 6.03 Å². The molecule has 0 spiro atoms. The van der Waals surface area contributed by atoms with Crippen molar-refractivity contribution in [1.82, 2.24) is 20.1 Å². The average Bonchev–Trinajstić information content (AvgIpc) is 2.94. The number of aromatic nitrogens is 3. The molecule has 1 atom stereocenters. The highest BCUT2D eigenvalue weighted by Gasteiger charge is 2.21. The number of nitrogens with zero attached hydrogens (tertiary/aromatic N) is 3. The molecule has 3 amide bonds. The van der Waals surface area contributed by atoms with Crippen molar-refractivity contribution < 1.29 is 14.3 Å². The molecule has 25 heavy (non-hydrogen) atoms. The lowest BCUT2D eigenvalue weighted by atomic mass is 10.1. The van der Waals surface area contributed by atoms with Gasteiger partial charge in [0.25, 0.3) is 0 Å². The maximum absolute atomic E-state index is 11.9.